The number of nitrogens with one attached hydrogen (secondary N) is 1. The molecule has 0 bridgehead atoms. The molecule has 0 amide bonds. The van der Waals surface area contributed by atoms with Gasteiger partial charge in [0.2, 0.25) is 0 Å². The first-order valence-corrected chi connectivity index (χ1v) is 5.22. The van der Waals surface area contributed by atoms with Crippen LogP contribution in [0.5, 0.6) is 0 Å². The van der Waals surface area contributed by atoms with Gasteiger partial charge in [-0.05, 0) is 6.42 Å². The Labute approximate surface area is 92.0 Å². The zero-order valence-electron chi connectivity index (χ0n) is 7.60. The second kappa shape index (κ2) is 4.87. The zero-order valence-corrected chi connectivity index (χ0v) is 9.19. The van der Waals surface area contributed by atoms with E-state index < -0.39 is 21.9 Å². The molecule has 0 aliphatic carbocycles. The predicted molar refractivity (Wildman–Crippen MR) is 56.4 cm³/mol. The molecule has 8 heteroatoms. The Morgan fingerprint density at radius 2 is 2.20 bits per heavy atom. The van der Waals surface area contributed by atoms with E-state index in [1.165, 1.54) is 0 Å². The van der Waals surface area contributed by atoms with Crippen LogP contribution in [0.3, 0.4) is 0 Å². The number of hydrogen-bond donors (Lipinski definition) is 1. The Kier molecular flexibility index (Phi) is 3.78. The fourth-order valence-corrected chi connectivity index (χ4v) is 1.27. The summed E-state index contributed by atoms with van der Waals surface area (Å²) in [7, 11) is 0. The molecule has 0 fully saturated rings. The predicted octanol–water partition coefficient (Wildman–Crippen LogP) is 0.230. The third-order valence-electron chi connectivity index (χ3n) is 1.72. The van der Waals surface area contributed by atoms with Gasteiger partial charge in [-0.2, -0.15) is 0 Å². The molecular weight excluding hydrogens is 270 g/mol. The maximum Gasteiger partial charge on any atom is 0.350 e. The van der Waals surface area contributed by atoms with Gasteiger partial charge in [-0.25, -0.2) is 4.79 Å². The molecule has 0 unspecified atom stereocenters. The number of aromatic nitrogens is 2. The van der Waals surface area contributed by atoms with Crippen molar-refractivity contribution in [1.29, 1.82) is 0 Å². The van der Waals surface area contributed by atoms with Gasteiger partial charge in [-0.3, -0.25) is 24.5 Å². The van der Waals surface area contributed by atoms with Crippen LogP contribution in [0.1, 0.15) is 6.42 Å². The van der Waals surface area contributed by atoms with Crippen LogP contribution in [0.25, 0.3) is 0 Å². The highest BCUT2D eigenvalue weighted by Gasteiger charge is 2.14. The summed E-state index contributed by atoms with van der Waals surface area (Å²) in [6.07, 6.45) is 1.60. The van der Waals surface area contributed by atoms with E-state index in [-0.39, 0.29) is 0 Å². The molecular formula is C7H8BrN3O4. The van der Waals surface area contributed by atoms with Crippen molar-refractivity contribution < 1.29 is 4.92 Å². The number of nitro groups is 1. The van der Waals surface area contributed by atoms with Gasteiger partial charge in [0.1, 0.15) is 0 Å². The summed E-state index contributed by atoms with van der Waals surface area (Å²) in [6.45, 7) is 0.321. The van der Waals surface area contributed by atoms with Crippen LogP contribution in [0, 0.1) is 10.1 Å². The normalized spacial score (nSPS) is 10.2. The van der Waals surface area contributed by atoms with Crippen LogP contribution in [-0.2, 0) is 6.54 Å². The van der Waals surface area contributed by atoms with Crippen molar-refractivity contribution >= 4 is 21.6 Å². The minimum Gasteiger partial charge on any atom is -0.294 e. The Morgan fingerprint density at radius 3 is 2.73 bits per heavy atom. The lowest BCUT2D eigenvalue weighted by Crippen LogP contribution is -2.30. The highest BCUT2D eigenvalue weighted by atomic mass is 79.9. The minimum absolute atomic E-state index is 0.321. The first-order valence-electron chi connectivity index (χ1n) is 4.10. The van der Waals surface area contributed by atoms with Crippen LogP contribution < -0.4 is 11.2 Å². The highest BCUT2D eigenvalue weighted by Crippen LogP contribution is 2.00. The van der Waals surface area contributed by atoms with E-state index in [0.29, 0.717) is 18.3 Å². The van der Waals surface area contributed by atoms with E-state index in [0.717, 1.165) is 10.8 Å². The molecule has 0 radical (unpaired) electrons. The lowest BCUT2D eigenvalue weighted by molar-refractivity contribution is -0.386. The summed E-state index contributed by atoms with van der Waals surface area (Å²) in [5, 5.41) is 11.1. The highest BCUT2D eigenvalue weighted by molar-refractivity contribution is 9.09. The molecule has 1 rings (SSSR count). The molecule has 1 N–H and O–H groups in total. The summed E-state index contributed by atoms with van der Waals surface area (Å²) >= 11 is 3.17. The number of alkyl halides is 1. The molecule has 0 aliphatic rings. The Hall–Kier alpha value is -1.44. The monoisotopic (exact) mass is 277 g/mol. The molecule has 1 aromatic heterocycles. The molecule has 0 saturated carbocycles. The fraction of sp³-hybridized carbons (Fsp3) is 0.429. The molecule has 82 valence electrons. The summed E-state index contributed by atoms with van der Waals surface area (Å²) in [4.78, 5) is 33.7. The number of halogens is 1. The second-order valence-corrected chi connectivity index (χ2v) is 3.56. The van der Waals surface area contributed by atoms with Gasteiger partial charge in [0, 0.05) is 11.9 Å². The molecule has 0 atom stereocenters. The van der Waals surface area contributed by atoms with E-state index in [2.05, 4.69) is 15.9 Å². The van der Waals surface area contributed by atoms with Crippen molar-refractivity contribution in [3.8, 4) is 0 Å². The number of hydrogen-bond acceptors (Lipinski definition) is 4. The average Bonchev–Trinajstić information content (AvgIpc) is 2.16. The maximum atomic E-state index is 11.2. The maximum absolute atomic E-state index is 11.2. The smallest absolute Gasteiger partial charge is 0.294 e. The fourth-order valence-electron chi connectivity index (χ4n) is 1.02. The Bertz CT molecular complexity index is 478. The van der Waals surface area contributed by atoms with Crippen molar-refractivity contribution in [3.05, 3.63) is 37.1 Å². The topological polar surface area (TPSA) is 98.0 Å². The number of rotatable bonds is 4. The van der Waals surface area contributed by atoms with Gasteiger partial charge in [-0.1, -0.05) is 15.9 Å². The Morgan fingerprint density at radius 1 is 1.53 bits per heavy atom. The minimum atomic E-state index is -0.972. The van der Waals surface area contributed by atoms with Crippen LogP contribution >= 0.6 is 15.9 Å². The second-order valence-electron chi connectivity index (χ2n) is 2.77. The molecule has 1 aromatic rings. The molecule has 7 nitrogen and oxygen atoms in total. The van der Waals surface area contributed by atoms with Crippen LogP contribution in [0.4, 0.5) is 5.69 Å². The van der Waals surface area contributed by atoms with Gasteiger partial charge in [0.15, 0.2) is 0 Å². The largest absolute Gasteiger partial charge is 0.350 e. The molecule has 15 heavy (non-hydrogen) atoms. The SMILES string of the molecule is O=c1[nH]c(=O)n(CCCBr)cc1[N+](=O)[O-]. The lowest BCUT2D eigenvalue weighted by Gasteiger charge is -2.01. The van der Waals surface area contributed by atoms with Gasteiger partial charge in [0.25, 0.3) is 0 Å². The van der Waals surface area contributed by atoms with Crippen LogP contribution in [-0.4, -0.2) is 19.8 Å². The standard InChI is InChI=1S/C7H8BrN3O4/c8-2-1-3-10-4-5(11(14)15)6(12)9-7(10)13/h4H,1-3H2,(H,9,12,13). The van der Waals surface area contributed by atoms with E-state index in [9.17, 15) is 19.7 Å². The molecule has 0 aliphatic heterocycles. The first kappa shape index (κ1) is 11.6. The average molecular weight is 278 g/mol. The van der Waals surface area contributed by atoms with Crippen molar-refractivity contribution in [1.82, 2.24) is 9.55 Å². The van der Waals surface area contributed by atoms with Crippen molar-refractivity contribution in [2.24, 2.45) is 0 Å². The summed E-state index contributed by atoms with van der Waals surface area (Å²) in [5.41, 5.74) is -2.23. The molecule has 1 heterocycles. The van der Waals surface area contributed by atoms with E-state index >= 15 is 0 Å². The van der Waals surface area contributed by atoms with Crippen molar-refractivity contribution in [3.63, 3.8) is 0 Å². The lowest BCUT2D eigenvalue weighted by atomic mass is 10.4. The van der Waals surface area contributed by atoms with Gasteiger partial charge in [0.05, 0.1) is 11.1 Å². The van der Waals surface area contributed by atoms with Gasteiger partial charge >= 0.3 is 16.9 Å². The summed E-state index contributed by atoms with van der Waals surface area (Å²) < 4.78 is 1.11. The number of nitrogens with zero attached hydrogens (tertiary/aromatic N) is 2. The Balaban J connectivity index is 3.18. The third kappa shape index (κ3) is 2.75. The molecule has 0 aromatic carbocycles. The number of aryl methyl sites for hydroxylation is 1. The molecule has 0 spiro atoms. The van der Waals surface area contributed by atoms with Crippen molar-refractivity contribution in [2.75, 3.05) is 5.33 Å². The zero-order chi connectivity index (χ0) is 11.4. The van der Waals surface area contributed by atoms with Crippen LogP contribution in [0.15, 0.2) is 15.8 Å². The quantitative estimate of drug-likeness (QED) is 0.484. The summed E-state index contributed by atoms with van der Waals surface area (Å²) in [6, 6.07) is 0. The molecule has 0 saturated heterocycles. The summed E-state index contributed by atoms with van der Waals surface area (Å²) in [5.74, 6) is 0. The number of aromatic amines is 1. The first-order chi connectivity index (χ1) is 7.06. The van der Waals surface area contributed by atoms with Crippen molar-refractivity contribution in [2.45, 2.75) is 13.0 Å². The van der Waals surface area contributed by atoms with E-state index in [1.807, 2.05) is 4.98 Å². The van der Waals surface area contributed by atoms with Gasteiger partial charge < -0.3 is 0 Å². The van der Waals surface area contributed by atoms with E-state index in [4.69, 9.17) is 0 Å². The third-order valence-corrected chi connectivity index (χ3v) is 2.28. The van der Waals surface area contributed by atoms with Crippen LogP contribution in [0.2, 0.25) is 0 Å². The van der Waals surface area contributed by atoms with Gasteiger partial charge in [-0.15, -0.1) is 0 Å². The van der Waals surface area contributed by atoms with E-state index in [1.54, 1.807) is 0 Å². The number of H-pyrrole nitrogens is 1.